The van der Waals surface area contributed by atoms with E-state index >= 15 is 0 Å². The van der Waals surface area contributed by atoms with E-state index in [9.17, 15) is 14.7 Å². The lowest BCUT2D eigenvalue weighted by Crippen LogP contribution is -2.28. The van der Waals surface area contributed by atoms with Crippen molar-refractivity contribution in [3.8, 4) is 0 Å². The Labute approximate surface area is 265 Å². The van der Waals surface area contributed by atoms with E-state index in [-0.39, 0.29) is 25.2 Å². The third kappa shape index (κ3) is 25.6. The van der Waals surface area contributed by atoms with Crippen molar-refractivity contribution >= 4 is 11.9 Å². The minimum Gasteiger partial charge on any atom is -0.462 e. The molecule has 0 spiro atoms. The van der Waals surface area contributed by atoms with Crippen molar-refractivity contribution in [2.24, 2.45) is 5.92 Å². The maximum Gasteiger partial charge on any atom is 0.306 e. The Morgan fingerprint density at radius 2 is 1.30 bits per heavy atom. The van der Waals surface area contributed by atoms with Gasteiger partial charge >= 0.3 is 11.9 Å². The maximum atomic E-state index is 12.2. The molecule has 1 N–H and O–H groups in total. The van der Waals surface area contributed by atoms with E-state index in [1.54, 1.807) is 0 Å². The van der Waals surface area contributed by atoms with Crippen molar-refractivity contribution < 1.29 is 28.9 Å². The number of rotatable bonds is 31. The molecule has 0 saturated carbocycles. The van der Waals surface area contributed by atoms with Gasteiger partial charge in [-0.2, -0.15) is 0 Å². The van der Waals surface area contributed by atoms with E-state index in [0.29, 0.717) is 25.0 Å². The first-order valence-electron chi connectivity index (χ1n) is 18.2. The summed E-state index contributed by atoms with van der Waals surface area (Å²) >= 11 is 0. The quantitative estimate of drug-likeness (QED) is 0.0365. The lowest BCUT2D eigenvalue weighted by Gasteiger charge is -2.15. The molecule has 0 aromatic rings. The Hall–Kier alpha value is -1.40. The molecule has 0 amide bonds. The highest BCUT2D eigenvalue weighted by atomic mass is 16.6. The highest BCUT2D eigenvalue weighted by molar-refractivity contribution is 5.70. The standard InChI is InChI=1S/C37H68O6/c1-4-5-6-7-16-21-26-34-35(43-34)27-22-17-14-19-24-29-37(40)42-33(30-38)31-41-36(39)28-23-18-13-11-9-8-10-12-15-20-25-32(2)3/h16,21,32-35,38H,4-15,17-20,22-31H2,1-3H3/b21-16-/t33-,34?,35?/m0/s1. The largest absolute Gasteiger partial charge is 0.462 e. The number of carbonyl (C=O) groups excluding carboxylic acids is 2. The molecule has 1 aliphatic heterocycles. The SMILES string of the molecule is CCCCC/C=C\CC1OC1CCCCCCCC(=O)O[C@@H](CO)COC(=O)CCCCCCCCCCCCC(C)C. The number of carbonyl (C=O) groups is 2. The fourth-order valence-corrected chi connectivity index (χ4v) is 5.51. The molecule has 1 fully saturated rings. The van der Waals surface area contributed by atoms with E-state index in [1.165, 1.54) is 83.5 Å². The van der Waals surface area contributed by atoms with Crippen molar-refractivity contribution in [2.75, 3.05) is 13.2 Å². The third-order valence-electron chi connectivity index (χ3n) is 8.41. The summed E-state index contributed by atoms with van der Waals surface area (Å²) in [5.41, 5.74) is 0. The van der Waals surface area contributed by atoms with Crippen LogP contribution in [-0.4, -0.2) is 48.6 Å². The van der Waals surface area contributed by atoms with Gasteiger partial charge in [0.15, 0.2) is 6.10 Å². The van der Waals surface area contributed by atoms with Gasteiger partial charge < -0.3 is 19.3 Å². The molecule has 6 nitrogen and oxygen atoms in total. The number of aliphatic hydroxyl groups is 1. The van der Waals surface area contributed by atoms with Crippen molar-refractivity contribution in [3.05, 3.63) is 12.2 Å². The molecule has 0 aromatic carbocycles. The summed E-state index contributed by atoms with van der Waals surface area (Å²) in [5, 5.41) is 9.53. The minimum atomic E-state index is -0.778. The molecule has 0 bridgehead atoms. The predicted octanol–water partition coefficient (Wildman–Crippen LogP) is 9.80. The molecular weight excluding hydrogens is 540 g/mol. The number of epoxide rings is 1. The summed E-state index contributed by atoms with van der Waals surface area (Å²) in [4.78, 5) is 24.2. The van der Waals surface area contributed by atoms with E-state index < -0.39 is 6.10 Å². The van der Waals surface area contributed by atoms with Crippen LogP contribution in [0.5, 0.6) is 0 Å². The lowest BCUT2D eigenvalue weighted by atomic mass is 10.0. The summed E-state index contributed by atoms with van der Waals surface area (Å²) < 4.78 is 16.4. The molecule has 0 aromatic heterocycles. The predicted molar refractivity (Wildman–Crippen MR) is 177 cm³/mol. The van der Waals surface area contributed by atoms with Gasteiger partial charge in [-0.15, -0.1) is 0 Å². The molecule has 6 heteroatoms. The molecule has 0 radical (unpaired) electrons. The third-order valence-corrected chi connectivity index (χ3v) is 8.41. The first kappa shape index (κ1) is 39.6. The number of aliphatic hydroxyl groups excluding tert-OH is 1. The average Bonchev–Trinajstić information content (AvgIpc) is 3.74. The van der Waals surface area contributed by atoms with Crippen LogP contribution in [0.2, 0.25) is 0 Å². The topological polar surface area (TPSA) is 85.4 Å². The number of hydrogen-bond donors (Lipinski definition) is 1. The summed E-state index contributed by atoms with van der Waals surface area (Å²) in [5.74, 6) is 0.214. The van der Waals surface area contributed by atoms with Crippen LogP contribution < -0.4 is 0 Å². The van der Waals surface area contributed by atoms with Crippen LogP contribution in [0.3, 0.4) is 0 Å². The first-order chi connectivity index (χ1) is 21.0. The van der Waals surface area contributed by atoms with Crippen LogP contribution in [0.4, 0.5) is 0 Å². The van der Waals surface area contributed by atoms with Crippen LogP contribution in [0.15, 0.2) is 12.2 Å². The van der Waals surface area contributed by atoms with Gasteiger partial charge in [-0.25, -0.2) is 0 Å². The Bertz CT molecular complexity index is 691. The summed E-state index contributed by atoms with van der Waals surface area (Å²) in [7, 11) is 0. The number of ether oxygens (including phenoxy) is 3. The molecule has 252 valence electrons. The van der Waals surface area contributed by atoms with Crippen LogP contribution in [0.1, 0.15) is 175 Å². The van der Waals surface area contributed by atoms with Crippen LogP contribution in [-0.2, 0) is 23.8 Å². The van der Waals surface area contributed by atoms with Crippen LogP contribution in [0, 0.1) is 5.92 Å². The zero-order chi connectivity index (χ0) is 31.4. The second-order valence-corrected chi connectivity index (χ2v) is 13.2. The summed E-state index contributed by atoms with van der Waals surface area (Å²) in [6.07, 6.45) is 31.4. The van der Waals surface area contributed by atoms with Crippen molar-refractivity contribution in [1.82, 2.24) is 0 Å². The highest BCUT2D eigenvalue weighted by Gasteiger charge is 2.36. The fraction of sp³-hybridized carbons (Fsp3) is 0.892. The van der Waals surface area contributed by atoms with Gasteiger partial charge in [-0.05, 0) is 44.4 Å². The molecule has 43 heavy (non-hydrogen) atoms. The first-order valence-corrected chi connectivity index (χ1v) is 18.2. The Morgan fingerprint density at radius 1 is 0.721 bits per heavy atom. The van der Waals surface area contributed by atoms with Crippen molar-refractivity contribution in [2.45, 2.75) is 193 Å². The highest BCUT2D eigenvalue weighted by Crippen LogP contribution is 2.30. The molecule has 2 unspecified atom stereocenters. The number of unbranched alkanes of at least 4 members (excludes halogenated alkanes) is 16. The summed E-state index contributed by atoms with van der Waals surface area (Å²) in [6.45, 7) is 6.41. The molecular formula is C37H68O6. The number of allylic oxidation sites excluding steroid dienone is 1. The van der Waals surface area contributed by atoms with Gasteiger partial charge in [-0.1, -0.05) is 136 Å². The van der Waals surface area contributed by atoms with E-state index in [0.717, 1.165) is 63.7 Å². The van der Waals surface area contributed by atoms with Gasteiger partial charge in [0.1, 0.15) is 6.61 Å². The van der Waals surface area contributed by atoms with E-state index in [2.05, 4.69) is 32.9 Å². The Kier molecular flexibility index (Phi) is 25.9. The summed E-state index contributed by atoms with van der Waals surface area (Å²) in [6, 6.07) is 0. The normalized spacial score (nSPS) is 17.0. The second-order valence-electron chi connectivity index (χ2n) is 13.2. The average molecular weight is 609 g/mol. The smallest absolute Gasteiger partial charge is 0.306 e. The maximum absolute atomic E-state index is 12.2. The van der Waals surface area contributed by atoms with Gasteiger partial charge in [0, 0.05) is 12.8 Å². The molecule has 1 rings (SSSR count). The number of esters is 2. The van der Waals surface area contributed by atoms with Gasteiger partial charge in [-0.3, -0.25) is 9.59 Å². The minimum absolute atomic E-state index is 0.0723. The van der Waals surface area contributed by atoms with Gasteiger partial charge in [0.2, 0.25) is 0 Å². The molecule has 3 atom stereocenters. The molecule has 1 saturated heterocycles. The Balaban J connectivity index is 1.90. The van der Waals surface area contributed by atoms with Crippen molar-refractivity contribution in [3.63, 3.8) is 0 Å². The van der Waals surface area contributed by atoms with Crippen LogP contribution in [0.25, 0.3) is 0 Å². The van der Waals surface area contributed by atoms with Gasteiger partial charge in [0.25, 0.3) is 0 Å². The lowest BCUT2D eigenvalue weighted by molar-refractivity contribution is -0.161. The van der Waals surface area contributed by atoms with E-state index in [1.807, 2.05) is 0 Å². The monoisotopic (exact) mass is 609 g/mol. The van der Waals surface area contributed by atoms with E-state index in [4.69, 9.17) is 14.2 Å². The second kappa shape index (κ2) is 28.1. The van der Waals surface area contributed by atoms with Crippen molar-refractivity contribution in [1.29, 1.82) is 0 Å². The zero-order valence-corrected chi connectivity index (χ0v) is 28.3. The number of hydrogen-bond acceptors (Lipinski definition) is 6. The molecule has 1 aliphatic rings. The zero-order valence-electron chi connectivity index (χ0n) is 28.3. The molecule has 1 heterocycles. The molecule has 0 aliphatic carbocycles. The fourth-order valence-electron chi connectivity index (χ4n) is 5.51. The van der Waals surface area contributed by atoms with Gasteiger partial charge in [0.05, 0.1) is 18.8 Å². The Morgan fingerprint density at radius 3 is 1.91 bits per heavy atom. The van der Waals surface area contributed by atoms with Crippen LogP contribution >= 0.6 is 0 Å².